The number of aryl methyl sites for hydroxylation is 1. The first-order valence-electron chi connectivity index (χ1n) is 6.20. The Balaban J connectivity index is 0.00000162. The first kappa shape index (κ1) is 15.0. The van der Waals surface area contributed by atoms with Crippen LogP contribution in [-0.4, -0.2) is 23.9 Å². The maximum Gasteiger partial charge on any atom is 0.236 e. The number of carbonyl (C=O) groups excluding carboxylic acids is 1. The van der Waals surface area contributed by atoms with Crippen LogP contribution in [0.5, 0.6) is 0 Å². The molecule has 18 heavy (non-hydrogen) atoms. The van der Waals surface area contributed by atoms with Crippen LogP contribution < -0.4 is 5.73 Å². The van der Waals surface area contributed by atoms with Gasteiger partial charge < -0.3 is 10.6 Å². The zero-order valence-corrected chi connectivity index (χ0v) is 11.8. The van der Waals surface area contributed by atoms with E-state index >= 15 is 0 Å². The number of nitrogens with zero attached hydrogens (tertiary/aromatic N) is 1. The highest BCUT2D eigenvalue weighted by Crippen LogP contribution is 2.34. The molecule has 1 aliphatic rings. The minimum atomic E-state index is 0. The number of carbonyl (C=O) groups is 1. The predicted octanol–water partition coefficient (Wildman–Crippen LogP) is 2.35. The number of nitrogens with two attached hydrogens (primary N) is 1. The van der Waals surface area contributed by atoms with E-state index in [1.54, 1.807) is 0 Å². The van der Waals surface area contributed by atoms with E-state index in [1.165, 1.54) is 16.7 Å². The van der Waals surface area contributed by atoms with E-state index in [-0.39, 0.29) is 30.9 Å². The zero-order valence-electron chi connectivity index (χ0n) is 11.0. The monoisotopic (exact) mass is 268 g/mol. The second-order valence-corrected chi connectivity index (χ2v) is 4.74. The summed E-state index contributed by atoms with van der Waals surface area (Å²) < 4.78 is 0. The molecule has 1 fully saturated rings. The lowest BCUT2D eigenvalue weighted by Crippen LogP contribution is -2.35. The average molecular weight is 269 g/mol. The summed E-state index contributed by atoms with van der Waals surface area (Å²) in [6.45, 7) is 5.20. The molecule has 0 bridgehead atoms. The van der Waals surface area contributed by atoms with Crippen LogP contribution in [0.2, 0.25) is 0 Å². The number of hydrogen-bond donors (Lipinski definition) is 1. The zero-order chi connectivity index (χ0) is 12.4. The Kier molecular flexibility index (Phi) is 5.17. The number of rotatable bonds is 2. The molecule has 1 saturated heterocycles. The Hall–Kier alpha value is -1.06. The highest BCUT2D eigenvalue weighted by Gasteiger charge is 2.29. The van der Waals surface area contributed by atoms with Crippen molar-refractivity contribution < 1.29 is 4.79 Å². The lowest BCUT2D eigenvalue weighted by Gasteiger charge is -2.26. The van der Waals surface area contributed by atoms with Gasteiger partial charge in [0.15, 0.2) is 0 Å². The first-order chi connectivity index (χ1) is 8.15. The first-order valence-corrected chi connectivity index (χ1v) is 6.20. The smallest absolute Gasteiger partial charge is 0.236 e. The van der Waals surface area contributed by atoms with Crippen LogP contribution in [-0.2, 0) is 4.79 Å². The molecule has 2 rings (SSSR count). The summed E-state index contributed by atoms with van der Waals surface area (Å²) in [6, 6.07) is 6.55. The SMILES string of the molecule is Cc1cccc(C2CCCN2C(=O)CN)c1C.Cl. The third-order valence-corrected chi connectivity index (χ3v) is 3.75. The maximum absolute atomic E-state index is 11.8. The van der Waals surface area contributed by atoms with E-state index in [2.05, 4.69) is 32.0 Å². The predicted molar refractivity (Wildman–Crippen MR) is 75.9 cm³/mol. The molecule has 0 spiro atoms. The van der Waals surface area contributed by atoms with E-state index in [0.29, 0.717) is 0 Å². The standard InChI is InChI=1S/C14H20N2O.ClH/c1-10-5-3-6-12(11(10)2)13-7-4-8-16(13)14(17)9-15;/h3,5-6,13H,4,7-9,15H2,1-2H3;1H. The quantitative estimate of drug-likeness (QED) is 0.895. The number of likely N-dealkylation sites (tertiary alicyclic amines) is 1. The maximum atomic E-state index is 11.8. The molecule has 100 valence electrons. The van der Waals surface area contributed by atoms with Gasteiger partial charge in [0.2, 0.25) is 5.91 Å². The highest BCUT2D eigenvalue weighted by molar-refractivity contribution is 5.85. The fourth-order valence-electron chi connectivity index (χ4n) is 2.64. The van der Waals surface area contributed by atoms with Gasteiger partial charge in [-0.25, -0.2) is 0 Å². The Morgan fingerprint density at radius 2 is 2.17 bits per heavy atom. The van der Waals surface area contributed by atoms with Gasteiger partial charge in [0, 0.05) is 6.54 Å². The molecule has 0 saturated carbocycles. The van der Waals surface area contributed by atoms with Crippen molar-refractivity contribution in [1.82, 2.24) is 4.90 Å². The number of hydrogen-bond acceptors (Lipinski definition) is 2. The van der Waals surface area contributed by atoms with Gasteiger partial charge in [-0.3, -0.25) is 4.79 Å². The van der Waals surface area contributed by atoms with Crippen molar-refractivity contribution in [2.24, 2.45) is 5.73 Å². The third kappa shape index (κ3) is 2.68. The summed E-state index contributed by atoms with van der Waals surface area (Å²) in [5, 5.41) is 0. The van der Waals surface area contributed by atoms with Crippen molar-refractivity contribution in [2.75, 3.05) is 13.1 Å². The molecule has 2 N–H and O–H groups in total. The van der Waals surface area contributed by atoms with E-state index in [9.17, 15) is 4.79 Å². The Labute approximate surface area is 115 Å². The summed E-state index contributed by atoms with van der Waals surface area (Å²) in [6.07, 6.45) is 2.12. The molecule has 0 aromatic heterocycles. The number of amides is 1. The van der Waals surface area contributed by atoms with Crippen molar-refractivity contribution in [1.29, 1.82) is 0 Å². The normalized spacial score (nSPS) is 18.6. The third-order valence-electron chi connectivity index (χ3n) is 3.75. The van der Waals surface area contributed by atoms with Gasteiger partial charge in [-0.2, -0.15) is 0 Å². The van der Waals surface area contributed by atoms with Crippen LogP contribution in [0.15, 0.2) is 18.2 Å². The van der Waals surface area contributed by atoms with Gasteiger partial charge in [0.1, 0.15) is 0 Å². The lowest BCUT2D eigenvalue weighted by atomic mass is 9.96. The van der Waals surface area contributed by atoms with Crippen LogP contribution in [0.25, 0.3) is 0 Å². The second-order valence-electron chi connectivity index (χ2n) is 4.74. The molecule has 1 aromatic rings. The largest absolute Gasteiger partial charge is 0.335 e. The molecule has 1 unspecified atom stereocenters. The fourth-order valence-corrected chi connectivity index (χ4v) is 2.64. The van der Waals surface area contributed by atoms with E-state index in [0.717, 1.165) is 19.4 Å². The van der Waals surface area contributed by atoms with Gasteiger partial charge in [-0.1, -0.05) is 18.2 Å². The van der Waals surface area contributed by atoms with Crippen molar-refractivity contribution in [3.8, 4) is 0 Å². The molecule has 0 aliphatic carbocycles. The Morgan fingerprint density at radius 3 is 2.83 bits per heavy atom. The minimum Gasteiger partial charge on any atom is -0.335 e. The molecule has 1 amide bonds. The van der Waals surface area contributed by atoms with E-state index in [4.69, 9.17) is 5.73 Å². The number of halogens is 1. The van der Waals surface area contributed by atoms with Gasteiger partial charge in [-0.15, -0.1) is 12.4 Å². The molecular weight excluding hydrogens is 248 g/mol. The summed E-state index contributed by atoms with van der Waals surface area (Å²) in [5.74, 6) is 0.0633. The minimum absolute atomic E-state index is 0. The second kappa shape index (κ2) is 6.21. The van der Waals surface area contributed by atoms with Crippen LogP contribution in [0, 0.1) is 13.8 Å². The fraction of sp³-hybridized carbons (Fsp3) is 0.500. The van der Waals surface area contributed by atoms with Gasteiger partial charge in [-0.05, 0) is 43.4 Å². The van der Waals surface area contributed by atoms with Crippen LogP contribution in [0.3, 0.4) is 0 Å². The molecule has 1 atom stereocenters. The summed E-state index contributed by atoms with van der Waals surface area (Å²) >= 11 is 0. The van der Waals surface area contributed by atoms with Gasteiger partial charge in [0.25, 0.3) is 0 Å². The van der Waals surface area contributed by atoms with Crippen molar-refractivity contribution >= 4 is 18.3 Å². The molecule has 1 aliphatic heterocycles. The van der Waals surface area contributed by atoms with Crippen LogP contribution in [0.1, 0.15) is 35.6 Å². The lowest BCUT2D eigenvalue weighted by molar-refractivity contribution is -0.130. The van der Waals surface area contributed by atoms with E-state index in [1.807, 2.05) is 4.90 Å². The Bertz CT molecular complexity index is 434. The number of benzene rings is 1. The molecule has 4 heteroatoms. The van der Waals surface area contributed by atoms with Crippen molar-refractivity contribution in [3.05, 3.63) is 34.9 Å². The van der Waals surface area contributed by atoms with Gasteiger partial charge in [0.05, 0.1) is 12.6 Å². The molecule has 3 nitrogen and oxygen atoms in total. The molecule has 1 aromatic carbocycles. The van der Waals surface area contributed by atoms with Gasteiger partial charge >= 0.3 is 0 Å². The average Bonchev–Trinajstić information content (AvgIpc) is 2.80. The molecular formula is C14H21ClN2O. The van der Waals surface area contributed by atoms with E-state index < -0.39 is 0 Å². The topological polar surface area (TPSA) is 46.3 Å². The summed E-state index contributed by atoms with van der Waals surface area (Å²) in [4.78, 5) is 13.7. The van der Waals surface area contributed by atoms with Crippen LogP contribution >= 0.6 is 12.4 Å². The summed E-state index contributed by atoms with van der Waals surface area (Å²) in [5.41, 5.74) is 9.34. The Morgan fingerprint density at radius 1 is 1.44 bits per heavy atom. The van der Waals surface area contributed by atoms with Crippen LogP contribution in [0.4, 0.5) is 0 Å². The molecule has 0 radical (unpaired) electrons. The van der Waals surface area contributed by atoms with Crippen molar-refractivity contribution in [2.45, 2.75) is 32.7 Å². The van der Waals surface area contributed by atoms with Crippen molar-refractivity contribution in [3.63, 3.8) is 0 Å². The highest BCUT2D eigenvalue weighted by atomic mass is 35.5. The molecule has 1 heterocycles. The summed E-state index contributed by atoms with van der Waals surface area (Å²) in [7, 11) is 0.